The molecule has 0 aromatic carbocycles. The molecule has 1 aromatic rings. The summed E-state index contributed by atoms with van der Waals surface area (Å²) in [4.78, 5) is 16.8. The lowest BCUT2D eigenvalue weighted by atomic mass is 10.3. The number of ether oxygens (including phenoxy) is 1. The molecule has 5 heteroatoms. The first-order valence-electron chi connectivity index (χ1n) is 5.70. The van der Waals surface area contributed by atoms with Crippen LogP contribution in [0.25, 0.3) is 6.08 Å². The topological polar surface area (TPSA) is 59.7 Å². The summed E-state index contributed by atoms with van der Waals surface area (Å²) < 4.78 is 5.67. The summed E-state index contributed by atoms with van der Waals surface area (Å²) >= 11 is 0. The van der Waals surface area contributed by atoms with Gasteiger partial charge in [0, 0.05) is 23.7 Å². The zero-order valence-corrected chi connectivity index (χ0v) is 10.1. The van der Waals surface area contributed by atoms with Crippen LogP contribution in [-0.4, -0.2) is 22.7 Å². The van der Waals surface area contributed by atoms with E-state index in [4.69, 9.17) is 4.74 Å². The van der Waals surface area contributed by atoms with E-state index in [9.17, 15) is 0 Å². The van der Waals surface area contributed by atoms with E-state index in [2.05, 4.69) is 32.3 Å². The van der Waals surface area contributed by atoms with E-state index in [0.717, 1.165) is 5.22 Å². The Morgan fingerprint density at radius 1 is 1.37 bits per heavy atom. The fraction of sp³-hybridized carbons (Fsp3) is 0.0714. The van der Waals surface area contributed by atoms with Gasteiger partial charge in [-0.05, 0) is 12.2 Å². The highest BCUT2D eigenvalue weighted by Gasteiger charge is 2.08. The molecule has 2 aliphatic heterocycles. The summed E-state index contributed by atoms with van der Waals surface area (Å²) in [5.41, 5.74) is 4.26. The van der Waals surface area contributed by atoms with Gasteiger partial charge in [-0.2, -0.15) is 0 Å². The molecule has 19 heavy (non-hydrogen) atoms. The van der Waals surface area contributed by atoms with Crippen molar-refractivity contribution in [2.75, 3.05) is 6.54 Å². The van der Waals surface area contributed by atoms with Gasteiger partial charge in [0.25, 0.3) is 0 Å². The molecule has 0 bridgehead atoms. The number of rotatable bonds is 0. The van der Waals surface area contributed by atoms with Crippen molar-refractivity contribution in [1.29, 1.82) is 0 Å². The van der Waals surface area contributed by atoms with Crippen molar-refractivity contribution in [2.45, 2.75) is 0 Å². The SMILES string of the molecule is C=C1/C=c2/cncn/c2=N/CC2=C(C=C=CC=N2)O1. The van der Waals surface area contributed by atoms with Crippen LogP contribution in [0.2, 0.25) is 0 Å². The van der Waals surface area contributed by atoms with Gasteiger partial charge in [-0.1, -0.05) is 6.58 Å². The van der Waals surface area contributed by atoms with Gasteiger partial charge in [0.2, 0.25) is 0 Å². The first-order valence-corrected chi connectivity index (χ1v) is 5.70. The number of hydrogen-bond donors (Lipinski definition) is 0. The minimum Gasteiger partial charge on any atom is -0.455 e. The zero-order chi connectivity index (χ0) is 13.1. The monoisotopic (exact) mass is 250 g/mol. The third kappa shape index (κ3) is 2.41. The van der Waals surface area contributed by atoms with Crippen molar-refractivity contribution in [1.82, 2.24) is 9.97 Å². The van der Waals surface area contributed by atoms with Crippen LogP contribution < -0.4 is 10.7 Å². The van der Waals surface area contributed by atoms with Gasteiger partial charge in [-0.3, -0.25) is 9.98 Å². The predicted octanol–water partition coefficient (Wildman–Crippen LogP) is 0.428. The Morgan fingerprint density at radius 2 is 2.32 bits per heavy atom. The summed E-state index contributed by atoms with van der Waals surface area (Å²) in [7, 11) is 0. The molecule has 3 rings (SSSR count). The summed E-state index contributed by atoms with van der Waals surface area (Å²) in [6.07, 6.45) is 9.98. The first-order chi connectivity index (χ1) is 9.33. The van der Waals surface area contributed by atoms with Crippen molar-refractivity contribution < 1.29 is 4.74 Å². The van der Waals surface area contributed by atoms with Crippen molar-refractivity contribution in [2.24, 2.45) is 9.98 Å². The average molecular weight is 250 g/mol. The smallest absolute Gasteiger partial charge is 0.158 e. The molecule has 0 atom stereocenters. The maximum atomic E-state index is 5.67. The fourth-order valence-corrected chi connectivity index (χ4v) is 1.71. The molecule has 92 valence electrons. The molecule has 1 aromatic heterocycles. The summed E-state index contributed by atoms with van der Waals surface area (Å²) in [6, 6.07) is 0. The Balaban J connectivity index is 2.18. The van der Waals surface area contributed by atoms with Crippen LogP contribution in [0.1, 0.15) is 0 Å². The van der Waals surface area contributed by atoms with E-state index in [0.29, 0.717) is 29.2 Å². The van der Waals surface area contributed by atoms with E-state index in [-0.39, 0.29) is 0 Å². The first kappa shape index (κ1) is 11.3. The lowest BCUT2D eigenvalue weighted by Gasteiger charge is -2.07. The summed E-state index contributed by atoms with van der Waals surface area (Å²) in [6.45, 7) is 4.24. The second kappa shape index (κ2) is 4.84. The standard InChI is InChI=1S/C14H10N4O/c1-10-6-11-7-15-9-18-14(11)17-8-12-13(19-10)4-2-3-5-16-12/h3-7,9H,1,8H2/b11-6-,17-14+. The maximum absolute atomic E-state index is 5.67. The van der Waals surface area contributed by atoms with Crippen LogP contribution in [0.5, 0.6) is 0 Å². The van der Waals surface area contributed by atoms with E-state index in [1.54, 1.807) is 30.6 Å². The summed E-state index contributed by atoms with van der Waals surface area (Å²) in [5, 5.41) is 0.772. The van der Waals surface area contributed by atoms with Gasteiger partial charge in [0.05, 0.1) is 6.54 Å². The molecule has 0 fully saturated rings. The molecule has 0 aliphatic carbocycles. The van der Waals surface area contributed by atoms with Gasteiger partial charge in [0.1, 0.15) is 17.8 Å². The molecule has 0 spiro atoms. The molecule has 0 saturated heterocycles. The van der Waals surface area contributed by atoms with Crippen molar-refractivity contribution in [3.63, 3.8) is 0 Å². The average Bonchev–Trinajstić information content (AvgIpc) is 2.59. The largest absolute Gasteiger partial charge is 0.455 e. The number of aliphatic imine (C=N–C) groups is 1. The van der Waals surface area contributed by atoms with E-state index < -0.39 is 0 Å². The molecule has 0 saturated carbocycles. The zero-order valence-electron chi connectivity index (χ0n) is 10.1. The molecule has 3 heterocycles. The predicted molar refractivity (Wildman–Crippen MR) is 70.5 cm³/mol. The lowest BCUT2D eigenvalue weighted by Crippen LogP contribution is -2.29. The fourth-order valence-electron chi connectivity index (χ4n) is 1.71. The number of hydrogen-bond acceptors (Lipinski definition) is 5. The van der Waals surface area contributed by atoms with E-state index >= 15 is 0 Å². The van der Waals surface area contributed by atoms with Gasteiger partial charge < -0.3 is 4.74 Å². The van der Waals surface area contributed by atoms with E-state index in [1.165, 1.54) is 6.33 Å². The Hall–Kier alpha value is -2.78. The Morgan fingerprint density at radius 3 is 3.26 bits per heavy atom. The number of allylic oxidation sites excluding steroid dienone is 2. The second-order valence-corrected chi connectivity index (χ2v) is 3.90. The normalized spacial score (nSPS) is 20.5. The maximum Gasteiger partial charge on any atom is 0.158 e. The highest BCUT2D eigenvalue weighted by molar-refractivity contribution is 5.73. The molecule has 0 N–H and O–H groups in total. The second-order valence-electron chi connectivity index (χ2n) is 3.90. The lowest BCUT2D eigenvalue weighted by molar-refractivity contribution is 0.339. The van der Waals surface area contributed by atoms with Gasteiger partial charge in [-0.15, -0.1) is 5.73 Å². The van der Waals surface area contributed by atoms with Crippen LogP contribution >= 0.6 is 0 Å². The number of aromatic nitrogens is 2. The van der Waals surface area contributed by atoms with Crippen molar-refractivity contribution in [3.8, 4) is 0 Å². The molecule has 5 nitrogen and oxygen atoms in total. The number of fused-ring (bicyclic) bond motifs is 1. The molecule has 0 amide bonds. The minimum absolute atomic E-state index is 0.378. The third-order valence-electron chi connectivity index (χ3n) is 2.55. The Bertz CT molecular complexity index is 780. The van der Waals surface area contributed by atoms with Crippen LogP contribution in [0.4, 0.5) is 0 Å². The Kier molecular flexibility index (Phi) is 2.88. The third-order valence-corrected chi connectivity index (χ3v) is 2.55. The molecule has 0 unspecified atom stereocenters. The quantitative estimate of drug-likeness (QED) is 0.627. The molecule has 0 radical (unpaired) electrons. The van der Waals surface area contributed by atoms with Crippen molar-refractivity contribution >= 4 is 12.3 Å². The highest BCUT2D eigenvalue weighted by atomic mass is 16.5. The van der Waals surface area contributed by atoms with Gasteiger partial charge in [0.15, 0.2) is 11.2 Å². The van der Waals surface area contributed by atoms with Gasteiger partial charge in [-0.25, -0.2) is 9.97 Å². The van der Waals surface area contributed by atoms with Crippen LogP contribution in [0.15, 0.2) is 64.2 Å². The molecule has 2 aliphatic rings. The van der Waals surface area contributed by atoms with E-state index in [1.807, 2.05) is 0 Å². The Labute approximate surface area is 109 Å². The minimum atomic E-state index is 0.378. The molecular formula is C14H10N4O. The van der Waals surface area contributed by atoms with Crippen LogP contribution in [-0.2, 0) is 4.74 Å². The highest BCUT2D eigenvalue weighted by Crippen LogP contribution is 2.15. The van der Waals surface area contributed by atoms with Crippen LogP contribution in [0, 0.1) is 0 Å². The van der Waals surface area contributed by atoms with Crippen molar-refractivity contribution in [3.05, 3.63) is 64.9 Å². The summed E-state index contributed by atoms with van der Waals surface area (Å²) in [5.74, 6) is 1.08. The van der Waals surface area contributed by atoms with Crippen LogP contribution in [0.3, 0.4) is 0 Å². The van der Waals surface area contributed by atoms with Gasteiger partial charge >= 0.3 is 0 Å². The molecular weight excluding hydrogens is 240 g/mol. The number of nitrogens with zero attached hydrogens (tertiary/aromatic N) is 4.